The van der Waals surface area contributed by atoms with E-state index in [4.69, 9.17) is 5.73 Å². The van der Waals surface area contributed by atoms with E-state index in [1.54, 1.807) is 0 Å². The maximum Gasteiger partial charge on any atom is 0.242 e. The summed E-state index contributed by atoms with van der Waals surface area (Å²) in [5.41, 5.74) is 5.10. The third kappa shape index (κ3) is 4.20. The molecule has 0 radical (unpaired) electrons. The number of sulfonamides is 1. The van der Waals surface area contributed by atoms with E-state index in [0.29, 0.717) is 5.75 Å². The van der Waals surface area contributed by atoms with E-state index >= 15 is 0 Å². The summed E-state index contributed by atoms with van der Waals surface area (Å²) in [6.45, 7) is 0.234. The van der Waals surface area contributed by atoms with Crippen LogP contribution in [-0.2, 0) is 10.0 Å². The van der Waals surface area contributed by atoms with Crippen molar-refractivity contribution in [3.05, 3.63) is 54.3 Å². The Morgan fingerprint density at radius 3 is 2.52 bits per heavy atom. The molecule has 2 rings (SSSR count). The Labute approximate surface area is 127 Å². The van der Waals surface area contributed by atoms with Gasteiger partial charge in [-0.3, -0.25) is 0 Å². The summed E-state index contributed by atoms with van der Waals surface area (Å²) < 4.78 is 39.8. The van der Waals surface area contributed by atoms with Crippen molar-refractivity contribution in [2.24, 2.45) is 0 Å². The molecule has 7 heteroatoms. The third-order valence-electron chi connectivity index (χ3n) is 2.71. The van der Waals surface area contributed by atoms with Crippen molar-refractivity contribution in [3.8, 4) is 0 Å². The van der Waals surface area contributed by atoms with Gasteiger partial charge in [0.25, 0.3) is 0 Å². The molecule has 0 heterocycles. The molecule has 0 atom stereocenters. The Hall–Kier alpha value is -1.57. The van der Waals surface area contributed by atoms with Gasteiger partial charge < -0.3 is 5.73 Å². The van der Waals surface area contributed by atoms with Crippen LogP contribution >= 0.6 is 11.8 Å². The van der Waals surface area contributed by atoms with Crippen LogP contribution in [0, 0.1) is 5.82 Å². The molecule has 0 aromatic heterocycles. The highest BCUT2D eigenvalue weighted by molar-refractivity contribution is 7.99. The van der Waals surface area contributed by atoms with Crippen LogP contribution in [0.3, 0.4) is 0 Å². The quantitative estimate of drug-likeness (QED) is 0.486. The number of anilines is 1. The van der Waals surface area contributed by atoms with Gasteiger partial charge in [0.05, 0.1) is 5.69 Å². The minimum atomic E-state index is -3.80. The summed E-state index contributed by atoms with van der Waals surface area (Å²) >= 11 is 1.53. The van der Waals surface area contributed by atoms with Gasteiger partial charge in [0.1, 0.15) is 10.7 Å². The van der Waals surface area contributed by atoms with Gasteiger partial charge in [0.15, 0.2) is 0 Å². The molecule has 0 fully saturated rings. The molecule has 0 amide bonds. The largest absolute Gasteiger partial charge is 0.395 e. The van der Waals surface area contributed by atoms with Gasteiger partial charge in [-0.2, -0.15) is 0 Å². The van der Waals surface area contributed by atoms with Crippen LogP contribution in [0.15, 0.2) is 58.3 Å². The zero-order valence-corrected chi connectivity index (χ0v) is 12.8. The maximum absolute atomic E-state index is 13.3. The first-order valence-corrected chi connectivity index (χ1v) is 8.69. The highest BCUT2D eigenvalue weighted by Gasteiger charge is 2.18. The first kappa shape index (κ1) is 15.8. The summed E-state index contributed by atoms with van der Waals surface area (Å²) in [6.07, 6.45) is 0. The van der Waals surface area contributed by atoms with Crippen molar-refractivity contribution < 1.29 is 12.8 Å². The number of benzene rings is 2. The lowest BCUT2D eigenvalue weighted by atomic mass is 10.3. The van der Waals surface area contributed by atoms with Gasteiger partial charge in [-0.15, -0.1) is 11.8 Å². The molecule has 0 aliphatic heterocycles. The minimum Gasteiger partial charge on any atom is -0.395 e. The predicted octanol–water partition coefficient (Wildman–Crippen LogP) is 2.48. The van der Waals surface area contributed by atoms with E-state index in [1.807, 2.05) is 30.3 Å². The Morgan fingerprint density at radius 1 is 1.10 bits per heavy atom. The van der Waals surface area contributed by atoms with Crippen molar-refractivity contribution in [1.82, 2.24) is 4.72 Å². The Kier molecular flexibility index (Phi) is 5.22. The number of nitrogen functional groups attached to an aromatic ring is 1. The van der Waals surface area contributed by atoms with Crippen molar-refractivity contribution >= 4 is 27.5 Å². The van der Waals surface area contributed by atoms with Gasteiger partial charge in [-0.05, 0) is 24.3 Å². The highest BCUT2D eigenvalue weighted by Crippen LogP contribution is 2.21. The van der Waals surface area contributed by atoms with Gasteiger partial charge in [0.2, 0.25) is 10.0 Å². The van der Waals surface area contributed by atoms with Crippen LogP contribution in [0.4, 0.5) is 10.1 Å². The van der Waals surface area contributed by atoms with Crippen LogP contribution in [-0.4, -0.2) is 20.7 Å². The predicted molar refractivity (Wildman–Crippen MR) is 83.2 cm³/mol. The first-order valence-electron chi connectivity index (χ1n) is 6.22. The molecule has 2 aromatic rings. The maximum atomic E-state index is 13.3. The van der Waals surface area contributed by atoms with E-state index in [-0.39, 0.29) is 17.1 Å². The van der Waals surface area contributed by atoms with E-state index in [2.05, 4.69) is 4.72 Å². The van der Waals surface area contributed by atoms with Crippen LogP contribution in [0.25, 0.3) is 0 Å². The fraction of sp³-hybridized carbons (Fsp3) is 0.143. The molecule has 3 N–H and O–H groups in total. The second-order valence-corrected chi connectivity index (χ2v) is 7.11. The molecule has 0 saturated carbocycles. The number of para-hydroxylation sites is 1. The number of nitrogens with two attached hydrogens (primary N) is 1. The van der Waals surface area contributed by atoms with E-state index < -0.39 is 15.8 Å². The fourth-order valence-corrected chi connectivity index (χ4v) is 3.78. The van der Waals surface area contributed by atoms with Crippen LogP contribution in [0.5, 0.6) is 0 Å². The third-order valence-corrected chi connectivity index (χ3v) is 5.24. The summed E-state index contributed by atoms with van der Waals surface area (Å²) in [5, 5.41) is 0. The lowest BCUT2D eigenvalue weighted by Gasteiger charge is -2.09. The van der Waals surface area contributed by atoms with Crippen molar-refractivity contribution in [1.29, 1.82) is 0 Å². The zero-order chi connectivity index (χ0) is 15.3. The average molecular weight is 326 g/mol. The SMILES string of the molecule is Nc1c(F)cccc1S(=O)(=O)NCCSc1ccccc1. The molecule has 4 nitrogen and oxygen atoms in total. The van der Waals surface area contributed by atoms with Crippen LogP contribution in [0.2, 0.25) is 0 Å². The molecule has 112 valence electrons. The molecular weight excluding hydrogens is 311 g/mol. The molecule has 0 bridgehead atoms. The lowest BCUT2D eigenvalue weighted by Crippen LogP contribution is -2.27. The van der Waals surface area contributed by atoms with E-state index in [1.165, 1.54) is 23.9 Å². The van der Waals surface area contributed by atoms with Crippen LogP contribution < -0.4 is 10.5 Å². The molecule has 2 aromatic carbocycles. The summed E-state index contributed by atoms with van der Waals surface area (Å²) in [7, 11) is -3.80. The molecule has 0 saturated heterocycles. The summed E-state index contributed by atoms with van der Waals surface area (Å²) in [6, 6.07) is 13.4. The van der Waals surface area contributed by atoms with Crippen molar-refractivity contribution in [2.75, 3.05) is 18.0 Å². The molecule has 0 aliphatic rings. The van der Waals surface area contributed by atoms with Gasteiger partial charge in [-0.1, -0.05) is 24.3 Å². The van der Waals surface area contributed by atoms with Gasteiger partial charge in [-0.25, -0.2) is 17.5 Å². The summed E-state index contributed by atoms with van der Waals surface area (Å²) in [4.78, 5) is 0.828. The van der Waals surface area contributed by atoms with Crippen molar-refractivity contribution in [2.45, 2.75) is 9.79 Å². The Bertz CT molecular complexity index is 706. The van der Waals surface area contributed by atoms with Crippen molar-refractivity contribution in [3.63, 3.8) is 0 Å². The van der Waals surface area contributed by atoms with Gasteiger partial charge in [0, 0.05) is 17.2 Å². The zero-order valence-electron chi connectivity index (χ0n) is 11.1. The lowest BCUT2D eigenvalue weighted by molar-refractivity contribution is 0.581. The minimum absolute atomic E-state index is 0.229. The average Bonchev–Trinajstić information content (AvgIpc) is 2.47. The standard InChI is InChI=1S/C14H15FN2O2S2/c15-12-7-4-8-13(14(12)16)21(18,19)17-9-10-20-11-5-2-1-3-6-11/h1-8,17H,9-10,16H2. The Balaban J connectivity index is 1.94. The second-order valence-electron chi connectivity index (χ2n) is 4.21. The topological polar surface area (TPSA) is 72.2 Å². The Morgan fingerprint density at radius 2 is 1.81 bits per heavy atom. The number of hydrogen-bond acceptors (Lipinski definition) is 4. The second kappa shape index (κ2) is 6.93. The molecule has 0 unspecified atom stereocenters. The summed E-state index contributed by atoms with van der Waals surface area (Å²) in [5.74, 6) is -0.171. The highest BCUT2D eigenvalue weighted by atomic mass is 32.2. The smallest absolute Gasteiger partial charge is 0.242 e. The van der Waals surface area contributed by atoms with Crippen LogP contribution in [0.1, 0.15) is 0 Å². The number of halogens is 1. The molecular formula is C14H15FN2O2S2. The number of rotatable bonds is 6. The first-order chi connectivity index (χ1) is 10.0. The fourth-order valence-electron chi connectivity index (χ4n) is 1.69. The molecule has 0 spiro atoms. The number of nitrogens with one attached hydrogen (secondary N) is 1. The van der Waals surface area contributed by atoms with E-state index in [0.717, 1.165) is 11.0 Å². The van der Waals surface area contributed by atoms with E-state index in [9.17, 15) is 12.8 Å². The normalized spacial score (nSPS) is 11.5. The number of thioether (sulfide) groups is 1. The number of hydrogen-bond donors (Lipinski definition) is 2. The monoisotopic (exact) mass is 326 g/mol. The molecule has 0 aliphatic carbocycles. The van der Waals surface area contributed by atoms with Gasteiger partial charge >= 0.3 is 0 Å². The molecule has 21 heavy (non-hydrogen) atoms.